The molecule has 0 spiro atoms. The lowest BCUT2D eigenvalue weighted by Crippen LogP contribution is -2.16. The molecule has 23 heavy (non-hydrogen) atoms. The van der Waals surface area contributed by atoms with E-state index in [1.54, 1.807) is 31.4 Å². The number of ketones is 1. The zero-order chi connectivity index (χ0) is 16.8. The van der Waals surface area contributed by atoms with Gasteiger partial charge in [0, 0.05) is 15.6 Å². The molecule has 0 aliphatic carbocycles. The third kappa shape index (κ3) is 4.93. The minimum atomic E-state index is -0.459. The van der Waals surface area contributed by atoms with Crippen LogP contribution in [0.4, 0.5) is 0 Å². The summed E-state index contributed by atoms with van der Waals surface area (Å²) in [6, 6.07) is 12.5. The Bertz CT molecular complexity index is 707. The van der Waals surface area contributed by atoms with Crippen molar-refractivity contribution in [3.8, 4) is 5.75 Å². The van der Waals surface area contributed by atoms with E-state index in [-0.39, 0.29) is 18.8 Å². The van der Waals surface area contributed by atoms with E-state index < -0.39 is 5.97 Å². The topological polar surface area (TPSA) is 52.6 Å². The van der Waals surface area contributed by atoms with Gasteiger partial charge in [-0.1, -0.05) is 45.8 Å². The van der Waals surface area contributed by atoms with Gasteiger partial charge in [0.05, 0.1) is 13.5 Å². The second-order valence-corrected chi connectivity index (χ2v) is 6.00. The second-order valence-electron chi connectivity index (χ2n) is 5.08. The molecule has 4 nitrogen and oxygen atoms in total. The van der Waals surface area contributed by atoms with Gasteiger partial charge in [-0.2, -0.15) is 0 Å². The van der Waals surface area contributed by atoms with Gasteiger partial charge in [-0.05, 0) is 25.1 Å². The number of esters is 1. The van der Waals surface area contributed by atoms with Crippen LogP contribution in [-0.4, -0.2) is 25.5 Å². The van der Waals surface area contributed by atoms with Gasteiger partial charge in [0.1, 0.15) is 5.75 Å². The molecule has 0 bridgehead atoms. The number of Topliss-reactive ketones (excluding diaryl/α,β-unsaturated/α-hetero) is 1. The molecular weight excluding hydrogens is 360 g/mol. The highest BCUT2D eigenvalue weighted by Crippen LogP contribution is 2.20. The van der Waals surface area contributed by atoms with E-state index in [0.717, 1.165) is 15.6 Å². The van der Waals surface area contributed by atoms with E-state index in [1.807, 2.05) is 25.1 Å². The Morgan fingerprint density at radius 3 is 2.43 bits per heavy atom. The molecule has 0 fully saturated rings. The number of hydrogen-bond acceptors (Lipinski definition) is 4. The summed E-state index contributed by atoms with van der Waals surface area (Å²) in [5, 5.41) is 0. The van der Waals surface area contributed by atoms with Crippen LogP contribution in [-0.2, 0) is 16.0 Å². The van der Waals surface area contributed by atoms with Crippen molar-refractivity contribution in [2.75, 3.05) is 13.7 Å². The Morgan fingerprint density at radius 1 is 1.09 bits per heavy atom. The zero-order valence-electron chi connectivity index (χ0n) is 13.0. The molecule has 2 aromatic rings. The molecule has 0 aliphatic heterocycles. The van der Waals surface area contributed by atoms with E-state index in [0.29, 0.717) is 11.3 Å². The van der Waals surface area contributed by atoms with Gasteiger partial charge >= 0.3 is 5.97 Å². The lowest BCUT2D eigenvalue weighted by molar-refractivity contribution is -0.141. The van der Waals surface area contributed by atoms with Crippen molar-refractivity contribution >= 4 is 27.7 Å². The van der Waals surface area contributed by atoms with Crippen molar-refractivity contribution in [1.29, 1.82) is 0 Å². The summed E-state index contributed by atoms with van der Waals surface area (Å²) in [6.07, 6.45) is 0.0679. The van der Waals surface area contributed by atoms with Crippen molar-refractivity contribution < 1.29 is 19.1 Å². The maximum atomic E-state index is 12.0. The molecule has 0 amide bonds. The van der Waals surface area contributed by atoms with Crippen LogP contribution in [0.25, 0.3) is 0 Å². The number of methoxy groups -OCH3 is 1. The normalized spacial score (nSPS) is 10.2. The Labute approximate surface area is 143 Å². The highest BCUT2D eigenvalue weighted by atomic mass is 79.9. The highest BCUT2D eigenvalue weighted by molar-refractivity contribution is 9.10. The van der Waals surface area contributed by atoms with Crippen LogP contribution in [0.15, 0.2) is 46.9 Å². The summed E-state index contributed by atoms with van der Waals surface area (Å²) in [5.74, 6) is -0.0618. The lowest BCUT2D eigenvalue weighted by atomic mass is 10.1. The molecule has 0 atom stereocenters. The van der Waals surface area contributed by atoms with Gasteiger partial charge in [0.15, 0.2) is 12.4 Å². The first-order valence-electron chi connectivity index (χ1n) is 7.07. The van der Waals surface area contributed by atoms with Gasteiger partial charge in [-0.25, -0.2) is 0 Å². The molecule has 2 rings (SSSR count). The SMILES string of the molecule is COc1ccc(C)cc1CC(=O)OCC(=O)c1ccc(Br)cc1. The number of benzene rings is 2. The summed E-state index contributed by atoms with van der Waals surface area (Å²) < 4.78 is 11.2. The molecule has 120 valence electrons. The number of aryl methyl sites for hydroxylation is 1. The van der Waals surface area contributed by atoms with E-state index in [1.165, 1.54) is 0 Å². The smallest absolute Gasteiger partial charge is 0.310 e. The predicted molar refractivity (Wildman–Crippen MR) is 90.9 cm³/mol. The number of halogens is 1. The van der Waals surface area contributed by atoms with Gasteiger partial charge < -0.3 is 9.47 Å². The van der Waals surface area contributed by atoms with Crippen LogP contribution < -0.4 is 4.74 Å². The molecule has 0 heterocycles. The van der Waals surface area contributed by atoms with Crippen LogP contribution in [0.2, 0.25) is 0 Å². The van der Waals surface area contributed by atoms with Gasteiger partial charge in [0.25, 0.3) is 0 Å². The Kier molecular flexibility index (Phi) is 5.93. The summed E-state index contributed by atoms with van der Waals surface area (Å²) in [5.41, 5.74) is 2.28. The molecule has 0 radical (unpaired) electrons. The first kappa shape index (κ1) is 17.2. The number of carbonyl (C=O) groups excluding carboxylic acids is 2. The van der Waals surface area contributed by atoms with Crippen molar-refractivity contribution in [3.63, 3.8) is 0 Å². The Morgan fingerprint density at radius 2 is 1.78 bits per heavy atom. The van der Waals surface area contributed by atoms with Gasteiger partial charge in [-0.15, -0.1) is 0 Å². The van der Waals surface area contributed by atoms with E-state index in [9.17, 15) is 9.59 Å². The fourth-order valence-electron chi connectivity index (χ4n) is 2.12. The molecule has 0 aliphatic rings. The predicted octanol–water partition coefficient (Wildman–Crippen LogP) is 3.73. The summed E-state index contributed by atoms with van der Waals surface area (Å²) in [7, 11) is 1.55. The third-order valence-electron chi connectivity index (χ3n) is 3.30. The molecular formula is C18H17BrO4. The first-order valence-corrected chi connectivity index (χ1v) is 7.87. The molecule has 0 unspecified atom stereocenters. The van der Waals surface area contributed by atoms with Crippen LogP contribution in [0.5, 0.6) is 5.75 Å². The average molecular weight is 377 g/mol. The van der Waals surface area contributed by atoms with Crippen molar-refractivity contribution in [1.82, 2.24) is 0 Å². The number of hydrogen-bond donors (Lipinski definition) is 0. The second kappa shape index (κ2) is 7.92. The van der Waals surface area contributed by atoms with Crippen LogP contribution >= 0.6 is 15.9 Å². The average Bonchev–Trinajstić information content (AvgIpc) is 2.53. The van der Waals surface area contributed by atoms with E-state index >= 15 is 0 Å². The van der Waals surface area contributed by atoms with Crippen molar-refractivity contribution in [3.05, 3.63) is 63.6 Å². The Balaban J connectivity index is 1.94. The number of ether oxygens (including phenoxy) is 2. The molecule has 5 heteroatoms. The molecule has 0 saturated heterocycles. The summed E-state index contributed by atoms with van der Waals surface area (Å²) >= 11 is 3.30. The minimum Gasteiger partial charge on any atom is -0.496 e. The first-order chi connectivity index (χ1) is 11.0. The fraction of sp³-hybridized carbons (Fsp3) is 0.222. The van der Waals surface area contributed by atoms with Crippen LogP contribution in [0, 0.1) is 6.92 Å². The summed E-state index contributed by atoms with van der Waals surface area (Å²) in [4.78, 5) is 23.9. The monoisotopic (exact) mass is 376 g/mol. The van der Waals surface area contributed by atoms with Gasteiger partial charge in [0.2, 0.25) is 0 Å². The zero-order valence-corrected chi connectivity index (χ0v) is 14.6. The number of rotatable bonds is 6. The molecule has 0 N–H and O–H groups in total. The quantitative estimate of drug-likeness (QED) is 0.569. The minimum absolute atomic E-state index is 0.0679. The highest BCUT2D eigenvalue weighted by Gasteiger charge is 2.13. The van der Waals surface area contributed by atoms with Crippen LogP contribution in [0.3, 0.4) is 0 Å². The van der Waals surface area contributed by atoms with Crippen molar-refractivity contribution in [2.24, 2.45) is 0 Å². The molecule has 0 aromatic heterocycles. The number of carbonyl (C=O) groups is 2. The maximum Gasteiger partial charge on any atom is 0.310 e. The maximum absolute atomic E-state index is 12.0. The fourth-order valence-corrected chi connectivity index (χ4v) is 2.38. The molecule has 0 saturated carbocycles. The third-order valence-corrected chi connectivity index (χ3v) is 3.83. The summed E-state index contributed by atoms with van der Waals surface area (Å²) in [6.45, 7) is 1.67. The largest absolute Gasteiger partial charge is 0.496 e. The van der Waals surface area contributed by atoms with Gasteiger partial charge in [-0.3, -0.25) is 9.59 Å². The van der Waals surface area contributed by atoms with Crippen LogP contribution in [0.1, 0.15) is 21.5 Å². The van der Waals surface area contributed by atoms with E-state index in [4.69, 9.17) is 9.47 Å². The Hall–Kier alpha value is -2.14. The van der Waals surface area contributed by atoms with Crippen molar-refractivity contribution in [2.45, 2.75) is 13.3 Å². The van der Waals surface area contributed by atoms with E-state index in [2.05, 4.69) is 15.9 Å². The lowest BCUT2D eigenvalue weighted by Gasteiger charge is -2.09. The molecule has 2 aromatic carbocycles. The standard InChI is InChI=1S/C18H17BrO4/c1-12-3-8-17(22-2)14(9-12)10-18(21)23-11-16(20)13-4-6-15(19)7-5-13/h3-9H,10-11H2,1-2H3.